The molecule has 8 heteroatoms. The largest absolute Gasteiger partial charge is 0.478 e. The molecule has 4 rings (SSSR count). The minimum atomic E-state index is -1.03. The van der Waals surface area contributed by atoms with Crippen molar-refractivity contribution in [3.63, 3.8) is 0 Å². The van der Waals surface area contributed by atoms with E-state index in [1.807, 2.05) is 6.07 Å². The van der Waals surface area contributed by atoms with Gasteiger partial charge in [-0.25, -0.2) is 14.2 Å². The van der Waals surface area contributed by atoms with Crippen LogP contribution in [0.5, 0.6) is 11.5 Å². The van der Waals surface area contributed by atoms with Crippen LogP contribution in [-0.2, 0) is 6.54 Å². The van der Waals surface area contributed by atoms with Crippen molar-refractivity contribution in [1.29, 1.82) is 0 Å². The van der Waals surface area contributed by atoms with Crippen LogP contribution in [-0.4, -0.2) is 29.0 Å². The quantitative estimate of drug-likeness (QED) is 0.370. The van der Waals surface area contributed by atoms with E-state index in [2.05, 4.69) is 4.98 Å². The first kappa shape index (κ1) is 23.4. The average Bonchev–Trinajstić information content (AvgIpc) is 2.86. The van der Waals surface area contributed by atoms with Gasteiger partial charge in [-0.3, -0.25) is 4.79 Å². The van der Waals surface area contributed by atoms with Gasteiger partial charge < -0.3 is 20.5 Å². The lowest BCUT2D eigenvalue weighted by molar-refractivity contribution is 0.0697. The number of benzene rings is 3. The number of ether oxygens (including phenoxy) is 1. The molecular weight excluding hydrogens is 449 g/mol. The fourth-order valence-electron chi connectivity index (χ4n) is 3.65. The van der Waals surface area contributed by atoms with Crippen molar-refractivity contribution in [2.45, 2.75) is 6.54 Å². The predicted octanol–water partition coefficient (Wildman–Crippen LogP) is 5.11. The van der Waals surface area contributed by atoms with E-state index < -0.39 is 11.9 Å². The minimum Gasteiger partial charge on any atom is -0.478 e. The van der Waals surface area contributed by atoms with Crippen LogP contribution in [0, 0.1) is 5.82 Å². The second kappa shape index (κ2) is 10.0. The molecule has 0 fully saturated rings. The van der Waals surface area contributed by atoms with Crippen molar-refractivity contribution in [3.8, 4) is 22.8 Å². The molecule has 0 aliphatic carbocycles. The summed E-state index contributed by atoms with van der Waals surface area (Å²) in [6.45, 7) is 0.296. The van der Waals surface area contributed by atoms with Gasteiger partial charge in [-0.05, 0) is 66.7 Å². The average molecular weight is 471 g/mol. The Morgan fingerprint density at radius 2 is 1.74 bits per heavy atom. The summed E-state index contributed by atoms with van der Waals surface area (Å²) in [7, 11) is 1.78. The maximum absolute atomic E-state index is 13.3. The zero-order valence-electron chi connectivity index (χ0n) is 18.8. The number of halogens is 1. The van der Waals surface area contributed by atoms with E-state index in [1.165, 1.54) is 30.3 Å². The summed E-state index contributed by atoms with van der Waals surface area (Å²) in [5.74, 6) is -1.09. The number of carbonyl (C=O) groups excluding carboxylic acids is 1. The maximum Gasteiger partial charge on any atom is 0.337 e. The topological polar surface area (TPSA) is 106 Å². The Bertz CT molecular complexity index is 1390. The van der Waals surface area contributed by atoms with Gasteiger partial charge in [-0.2, -0.15) is 0 Å². The fraction of sp³-hybridized carbons (Fsp3) is 0.0741. The zero-order valence-corrected chi connectivity index (χ0v) is 18.8. The van der Waals surface area contributed by atoms with E-state index in [1.54, 1.807) is 60.5 Å². The number of hydrogen-bond donors (Lipinski definition) is 2. The molecule has 3 aromatic carbocycles. The standard InChI is InChI=1S/C27H22FN3O4/c1-31(24-8-3-2-5-21(24)27(33)34)16-18-15-17(22-6-4-7-23(30-22)26(29)32)9-14-25(18)35-20-12-10-19(28)11-13-20/h2-15H,16H2,1H3,(H2,29,32)(H,33,34). The molecule has 1 aromatic heterocycles. The van der Waals surface area contributed by atoms with Crippen LogP contribution in [0.3, 0.4) is 0 Å². The number of hydrogen-bond acceptors (Lipinski definition) is 5. The molecule has 3 N–H and O–H groups in total. The fourth-order valence-corrected chi connectivity index (χ4v) is 3.65. The molecule has 0 saturated carbocycles. The van der Waals surface area contributed by atoms with Crippen LogP contribution < -0.4 is 15.4 Å². The van der Waals surface area contributed by atoms with Gasteiger partial charge in [0.05, 0.1) is 16.9 Å². The first-order valence-corrected chi connectivity index (χ1v) is 10.7. The predicted molar refractivity (Wildman–Crippen MR) is 130 cm³/mol. The number of amides is 1. The number of rotatable bonds is 8. The molecule has 1 heterocycles. The van der Waals surface area contributed by atoms with E-state index in [4.69, 9.17) is 10.5 Å². The van der Waals surface area contributed by atoms with Gasteiger partial charge in [0.1, 0.15) is 23.0 Å². The second-order valence-electron chi connectivity index (χ2n) is 7.83. The van der Waals surface area contributed by atoms with Gasteiger partial charge >= 0.3 is 5.97 Å². The van der Waals surface area contributed by atoms with Gasteiger partial charge in [0, 0.05) is 24.7 Å². The monoisotopic (exact) mass is 471 g/mol. The molecule has 0 aliphatic heterocycles. The molecular formula is C27H22FN3O4. The Hall–Kier alpha value is -4.72. The van der Waals surface area contributed by atoms with Crippen LogP contribution in [0.1, 0.15) is 26.4 Å². The van der Waals surface area contributed by atoms with Crippen molar-refractivity contribution in [2.24, 2.45) is 5.73 Å². The number of carboxylic acids is 1. The third kappa shape index (κ3) is 5.44. The van der Waals surface area contributed by atoms with Gasteiger partial charge in [0.25, 0.3) is 5.91 Å². The summed E-state index contributed by atoms with van der Waals surface area (Å²) in [6, 6.07) is 22.7. The van der Waals surface area contributed by atoms with E-state index in [-0.39, 0.29) is 17.1 Å². The van der Waals surface area contributed by atoms with Crippen molar-refractivity contribution >= 4 is 17.6 Å². The van der Waals surface area contributed by atoms with Crippen LogP contribution in [0.4, 0.5) is 10.1 Å². The van der Waals surface area contributed by atoms with Gasteiger partial charge in [-0.1, -0.05) is 18.2 Å². The van der Waals surface area contributed by atoms with Gasteiger partial charge in [0.2, 0.25) is 0 Å². The number of carbonyl (C=O) groups is 2. The first-order valence-electron chi connectivity index (χ1n) is 10.7. The molecule has 4 aromatic rings. The van der Waals surface area contributed by atoms with Crippen molar-refractivity contribution in [1.82, 2.24) is 4.98 Å². The van der Waals surface area contributed by atoms with Crippen molar-refractivity contribution < 1.29 is 23.8 Å². The van der Waals surface area contributed by atoms with E-state index in [0.29, 0.717) is 29.4 Å². The van der Waals surface area contributed by atoms with Gasteiger partial charge in [0.15, 0.2) is 0 Å². The Kier molecular flexibility index (Phi) is 6.73. The Morgan fingerprint density at radius 3 is 2.46 bits per heavy atom. The number of para-hydroxylation sites is 1. The molecule has 176 valence electrons. The Labute approximate surface area is 201 Å². The Morgan fingerprint density at radius 1 is 1.00 bits per heavy atom. The number of aromatic carboxylic acids is 1. The number of aromatic nitrogens is 1. The summed E-state index contributed by atoms with van der Waals surface area (Å²) in [5.41, 5.74) is 8.21. The number of anilines is 1. The molecule has 0 aliphatic rings. The molecule has 35 heavy (non-hydrogen) atoms. The highest BCUT2D eigenvalue weighted by atomic mass is 19.1. The van der Waals surface area contributed by atoms with Crippen LogP contribution >= 0.6 is 0 Å². The number of nitrogens with zero attached hydrogens (tertiary/aromatic N) is 2. The Balaban J connectivity index is 1.74. The molecule has 0 spiro atoms. The third-order valence-corrected chi connectivity index (χ3v) is 5.35. The lowest BCUT2D eigenvalue weighted by Gasteiger charge is -2.23. The maximum atomic E-state index is 13.3. The van der Waals surface area contributed by atoms with E-state index >= 15 is 0 Å². The highest BCUT2D eigenvalue weighted by molar-refractivity contribution is 5.94. The summed E-state index contributed by atoms with van der Waals surface area (Å²) in [6.07, 6.45) is 0. The first-order chi connectivity index (χ1) is 16.8. The molecule has 1 amide bonds. The van der Waals surface area contributed by atoms with E-state index in [9.17, 15) is 19.1 Å². The highest BCUT2D eigenvalue weighted by Crippen LogP contribution is 2.32. The third-order valence-electron chi connectivity index (χ3n) is 5.35. The van der Waals surface area contributed by atoms with Crippen LogP contribution in [0.2, 0.25) is 0 Å². The second-order valence-corrected chi connectivity index (χ2v) is 7.83. The molecule has 0 atom stereocenters. The van der Waals surface area contributed by atoms with Crippen molar-refractivity contribution in [3.05, 3.63) is 108 Å². The summed E-state index contributed by atoms with van der Waals surface area (Å²) < 4.78 is 19.4. The number of pyridine rings is 1. The van der Waals surface area contributed by atoms with Crippen LogP contribution in [0.15, 0.2) is 84.9 Å². The lowest BCUT2D eigenvalue weighted by Crippen LogP contribution is -2.19. The summed E-state index contributed by atoms with van der Waals surface area (Å²) in [5, 5.41) is 9.59. The smallest absolute Gasteiger partial charge is 0.337 e. The minimum absolute atomic E-state index is 0.142. The molecule has 0 unspecified atom stereocenters. The molecule has 7 nitrogen and oxygen atoms in total. The summed E-state index contributed by atoms with van der Waals surface area (Å²) >= 11 is 0. The van der Waals surface area contributed by atoms with Crippen LogP contribution in [0.25, 0.3) is 11.3 Å². The highest BCUT2D eigenvalue weighted by Gasteiger charge is 2.16. The molecule has 0 bridgehead atoms. The normalized spacial score (nSPS) is 10.6. The molecule has 0 saturated heterocycles. The lowest BCUT2D eigenvalue weighted by atomic mass is 10.0. The molecule has 0 radical (unpaired) electrons. The number of nitrogens with two attached hydrogens (primary N) is 1. The SMILES string of the molecule is CN(Cc1cc(-c2cccc(C(N)=O)n2)ccc1Oc1ccc(F)cc1)c1ccccc1C(=O)O. The summed E-state index contributed by atoms with van der Waals surface area (Å²) in [4.78, 5) is 29.4. The zero-order chi connectivity index (χ0) is 24.9. The number of primary amides is 1. The number of carboxylic acid groups (broad SMARTS) is 1. The van der Waals surface area contributed by atoms with E-state index in [0.717, 1.165) is 11.1 Å². The van der Waals surface area contributed by atoms with Crippen molar-refractivity contribution in [2.75, 3.05) is 11.9 Å². The van der Waals surface area contributed by atoms with Gasteiger partial charge in [-0.15, -0.1) is 0 Å².